The number of ketones is 1. The maximum atomic E-state index is 16.0. The highest BCUT2D eigenvalue weighted by Crippen LogP contribution is 2.72. The van der Waals surface area contributed by atoms with Gasteiger partial charge in [-0.25, -0.2) is 30.0 Å². The van der Waals surface area contributed by atoms with Gasteiger partial charge in [0.1, 0.15) is 16.5 Å². The fourth-order valence-electron chi connectivity index (χ4n) is 5.34. The summed E-state index contributed by atoms with van der Waals surface area (Å²) in [5.74, 6) is -12.8. The van der Waals surface area contributed by atoms with Gasteiger partial charge in [0, 0.05) is 25.1 Å². The highest BCUT2D eigenvalue weighted by molar-refractivity contribution is 8.33. The van der Waals surface area contributed by atoms with Crippen LogP contribution in [0.15, 0.2) is 151 Å². The molecule has 0 spiro atoms. The third-order valence-corrected chi connectivity index (χ3v) is 14.2. The predicted molar refractivity (Wildman–Crippen MR) is 188 cm³/mol. The third-order valence-electron chi connectivity index (χ3n) is 7.97. The number of methoxy groups -OCH3 is 1. The zero-order valence-electron chi connectivity index (χ0n) is 27.6. The molecule has 1 atom stereocenters. The number of carbonyl (C=O) groups is 1. The molecule has 0 fully saturated rings. The lowest BCUT2D eigenvalue weighted by atomic mass is 10.0. The average molecular weight is 785 g/mol. The van der Waals surface area contributed by atoms with Crippen molar-refractivity contribution in [2.45, 2.75) is 36.3 Å². The Morgan fingerprint density at radius 3 is 1.70 bits per heavy atom. The molecule has 5 nitrogen and oxygen atoms in total. The summed E-state index contributed by atoms with van der Waals surface area (Å²) in [6.45, 7) is 1.68. The molecule has 0 saturated heterocycles. The second-order valence-electron chi connectivity index (χ2n) is 11.3. The summed E-state index contributed by atoms with van der Waals surface area (Å²) < 4.78 is 131. The summed E-state index contributed by atoms with van der Waals surface area (Å²) in [5.41, 5.74) is 0.676. The minimum Gasteiger partial charge on any atom is -0.497 e. The fraction of sp³-hybridized carbons (Fsp3) is 0.0513. The van der Waals surface area contributed by atoms with Gasteiger partial charge < -0.3 is 4.74 Å². The van der Waals surface area contributed by atoms with E-state index in [0.717, 1.165) is 17.8 Å². The summed E-state index contributed by atoms with van der Waals surface area (Å²) in [6, 6.07) is 27.5. The first kappa shape index (κ1) is 37.7. The zero-order valence-corrected chi connectivity index (χ0v) is 30.0. The Balaban J connectivity index is 1.57. The molecule has 14 heteroatoms. The number of rotatable bonds is 11. The van der Waals surface area contributed by atoms with Crippen molar-refractivity contribution in [3.8, 4) is 5.75 Å². The van der Waals surface area contributed by atoms with Crippen molar-refractivity contribution in [2.75, 3.05) is 7.11 Å². The SMILES string of the molecule is COc1ccc(S(OS(=O)(=O)c2ccc(C)cc2)(c2ccc(Sc3cccc(F)c3C(=O)c3ccccc3)cc2)c2c(F)c(F)c(F)c(F)c2F)cc1. The van der Waals surface area contributed by atoms with Crippen LogP contribution in [0.3, 0.4) is 0 Å². The van der Waals surface area contributed by atoms with Crippen molar-refractivity contribution < 1.29 is 47.9 Å². The van der Waals surface area contributed by atoms with Crippen molar-refractivity contribution in [1.82, 2.24) is 0 Å². The minimum absolute atomic E-state index is 0.207. The topological polar surface area (TPSA) is 69.7 Å². The number of benzene rings is 6. The largest absolute Gasteiger partial charge is 0.497 e. The third kappa shape index (κ3) is 7.19. The van der Waals surface area contributed by atoms with Gasteiger partial charge in [-0.3, -0.25) is 4.79 Å². The second kappa shape index (κ2) is 15.1. The first-order valence-corrected chi connectivity index (χ1v) is 19.2. The van der Waals surface area contributed by atoms with Crippen LogP contribution >= 0.6 is 22.1 Å². The van der Waals surface area contributed by atoms with Crippen molar-refractivity contribution in [3.63, 3.8) is 0 Å². The summed E-state index contributed by atoms with van der Waals surface area (Å²) >= 11 is 0.947. The second-order valence-corrected chi connectivity index (χ2v) is 16.9. The van der Waals surface area contributed by atoms with Crippen LogP contribution in [0.2, 0.25) is 0 Å². The van der Waals surface area contributed by atoms with E-state index in [1.165, 1.54) is 104 Å². The summed E-state index contributed by atoms with van der Waals surface area (Å²) in [5, 5.41) is 0. The van der Waals surface area contributed by atoms with Gasteiger partial charge in [0.25, 0.3) is 0 Å². The van der Waals surface area contributed by atoms with Gasteiger partial charge in [-0.15, -0.1) is 0 Å². The molecule has 6 aromatic carbocycles. The van der Waals surface area contributed by atoms with Gasteiger partial charge in [0.2, 0.25) is 5.82 Å². The molecule has 0 aliphatic carbocycles. The minimum atomic E-state index is -5.02. The van der Waals surface area contributed by atoms with Crippen LogP contribution in [-0.2, 0) is 13.7 Å². The van der Waals surface area contributed by atoms with E-state index < -0.39 is 70.9 Å². The highest BCUT2D eigenvalue weighted by Gasteiger charge is 2.45. The first-order valence-electron chi connectivity index (χ1n) is 15.5. The van der Waals surface area contributed by atoms with E-state index in [4.69, 9.17) is 8.37 Å². The predicted octanol–water partition coefficient (Wildman–Crippen LogP) is 10.8. The van der Waals surface area contributed by atoms with E-state index in [2.05, 4.69) is 0 Å². The van der Waals surface area contributed by atoms with Crippen molar-refractivity contribution in [3.05, 3.63) is 173 Å². The molecule has 0 aromatic heterocycles. The maximum Gasteiger partial charge on any atom is 0.307 e. The summed E-state index contributed by atoms with van der Waals surface area (Å²) in [7, 11) is -8.11. The molecule has 0 radical (unpaired) electrons. The molecule has 0 saturated carbocycles. The molecule has 0 aliphatic heterocycles. The van der Waals surface area contributed by atoms with E-state index in [1.807, 2.05) is 0 Å². The number of ether oxygens (including phenoxy) is 1. The van der Waals surface area contributed by atoms with Gasteiger partial charge in [0.05, 0.1) is 17.6 Å². The normalized spacial score (nSPS) is 13.3. The van der Waals surface area contributed by atoms with E-state index in [9.17, 15) is 17.6 Å². The van der Waals surface area contributed by atoms with Crippen LogP contribution in [0.5, 0.6) is 5.75 Å². The van der Waals surface area contributed by atoms with Gasteiger partial charge in [0.15, 0.2) is 29.1 Å². The number of carbonyl (C=O) groups excluding carboxylic acids is 1. The van der Waals surface area contributed by atoms with Crippen LogP contribution in [0, 0.1) is 41.8 Å². The monoisotopic (exact) mass is 784 g/mol. The van der Waals surface area contributed by atoms with Crippen LogP contribution < -0.4 is 4.74 Å². The Morgan fingerprint density at radius 2 is 1.13 bits per heavy atom. The molecular formula is C39H26F6O5S3. The highest BCUT2D eigenvalue weighted by atomic mass is 32.3. The zero-order chi connectivity index (χ0) is 38.1. The van der Waals surface area contributed by atoms with E-state index >= 15 is 22.0 Å². The lowest BCUT2D eigenvalue weighted by Crippen LogP contribution is -2.19. The van der Waals surface area contributed by atoms with Crippen molar-refractivity contribution in [2.24, 2.45) is 0 Å². The van der Waals surface area contributed by atoms with Crippen molar-refractivity contribution >= 4 is 38.0 Å². The van der Waals surface area contributed by atoms with Crippen LogP contribution in [0.4, 0.5) is 26.3 Å². The number of aryl methyl sites for hydroxylation is 1. The average Bonchev–Trinajstić information content (AvgIpc) is 3.16. The van der Waals surface area contributed by atoms with Crippen LogP contribution in [0.1, 0.15) is 21.5 Å². The molecule has 0 aliphatic rings. The quantitative estimate of drug-likeness (QED) is 0.0564. The lowest BCUT2D eigenvalue weighted by Gasteiger charge is -2.39. The molecular weight excluding hydrogens is 759 g/mol. The van der Waals surface area contributed by atoms with Gasteiger partial charge in [-0.1, -0.05) is 65.9 Å². The lowest BCUT2D eigenvalue weighted by molar-refractivity contribution is 0.103. The summed E-state index contributed by atoms with van der Waals surface area (Å²) in [4.78, 5) is 11.4. The number of halogens is 6. The number of hydrogen-bond donors (Lipinski definition) is 0. The molecule has 0 amide bonds. The molecule has 53 heavy (non-hydrogen) atoms. The molecule has 272 valence electrons. The molecule has 0 N–H and O–H groups in total. The van der Waals surface area contributed by atoms with Gasteiger partial charge >= 0.3 is 10.1 Å². The molecule has 1 unspecified atom stereocenters. The van der Waals surface area contributed by atoms with Gasteiger partial charge in [-0.05, 0) is 90.0 Å². The summed E-state index contributed by atoms with van der Waals surface area (Å²) in [6.07, 6.45) is 0. The Labute approximate surface area is 306 Å². The van der Waals surface area contributed by atoms with E-state index in [0.29, 0.717) is 10.5 Å². The van der Waals surface area contributed by atoms with Gasteiger partial charge in [-0.2, -0.15) is 8.42 Å². The van der Waals surface area contributed by atoms with E-state index in [1.54, 1.807) is 25.1 Å². The Kier molecular flexibility index (Phi) is 10.8. The van der Waals surface area contributed by atoms with E-state index in [-0.39, 0.29) is 31.6 Å². The van der Waals surface area contributed by atoms with Crippen LogP contribution in [-0.4, -0.2) is 21.3 Å². The molecule has 0 bridgehead atoms. The molecule has 0 heterocycles. The standard InChI is InChI=1S/C39H26F6O5S3/c1-23-11-17-29(18-12-23)53(47,48)50-52(27-19-13-25(49-2)14-20-27,39-36(44)34(42)33(41)35(43)37(39)45)28-21-15-26(16-22-28)51-31-10-6-9-30(40)32(31)38(46)24-7-4-3-5-8-24/h3-22H,1-2H3. The van der Waals surface area contributed by atoms with Crippen LogP contribution in [0.25, 0.3) is 0 Å². The molecule has 6 rings (SSSR count). The Morgan fingerprint density at radius 1 is 0.604 bits per heavy atom. The smallest absolute Gasteiger partial charge is 0.307 e. The molecule has 6 aromatic rings. The Bertz CT molecular complexity index is 2400. The Hall–Kier alpha value is -5.02. The fourth-order valence-corrected chi connectivity index (χ4v) is 11.5. The number of hydrogen-bond acceptors (Lipinski definition) is 6. The maximum absolute atomic E-state index is 16.0. The van der Waals surface area contributed by atoms with Crippen molar-refractivity contribution in [1.29, 1.82) is 0 Å². The first-order chi connectivity index (χ1) is 25.3.